The maximum Gasteiger partial charge on any atom is 0.320 e. The summed E-state index contributed by atoms with van der Waals surface area (Å²) in [6.45, 7) is 5.35. The van der Waals surface area contributed by atoms with Crippen LogP contribution in [0.1, 0.15) is 31.5 Å². The summed E-state index contributed by atoms with van der Waals surface area (Å²) in [5.41, 5.74) is 2.17. The zero-order valence-electron chi connectivity index (χ0n) is 14.5. The smallest absolute Gasteiger partial charge is 0.320 e. The molecule has 1 aromatic carbocycles. The molecule has 136 valence electrons. The lowest BCUT2D eigenvalue weighted by Crippen LogP contribution is -2.39. The van der Waals surface area contributed by atoms with E-state index in [2.05, 4.69) is 9.88 Å². The maximum atomic E-state index is 11.3. The number of carboxylic acid groups (broad SMARTS) is 1. The molecule has 0 spiro atoms. The van der Waals surface area contributed by atoms with Crippen molar-refractivity contribution in [3.8, 4) is 0 Å². The van der Waals surface area contributed by atoms with E-state index < -0.39 is 12.0 Å². The van der Waals surface area contributed by atoms with Gasteiger partial charge in [-0.1, -0.05) is 37.0 Å². The Morgan fingerprint density at radius 2 is 1.92 bits per heavy atom. The average Bonchev–Trinajstić information content (AvgIpc) is 2.91. The normalized spacial score (nSPS) is 12.5. The molecule has 0 amide bonds. The number of aliphatic carboxylic acids is 1. The van der Waals surface area contributed by atoms with Gasteiger partial charge >= 0.3 is 5.97 Å². The van der Waals surface area contributed by atoms with Crippen LogP contribution in [-0.4, -0.2) is 28.2 Å². The molecule has 0 unspecified atom stereocenters. The van der Waals surface area contributed by atoms with E-state index in [4.69, 9.17) is 23.2 Å². The van der Waals surface area contributed by atoms with Gasteiger partial charge in [0.05, 0.1) is 0 Å². The van der Waals surface area contributed by atoms with Gasteiger partial charge in [-0.3, -0.25) is 4.79 Å². The summed E-state index contributed by atoms with van der Waals surface area (Å²) in [7, 11) is 0. The van der Waals surface area contributed by atoms with E-state index in [0.717, 1.165) is 17.7 Å². The number of carboxylic acids is 1. The third-order valence-corrected chi connectivity index (χ3v) is 4.41. The second kappa shape index (κ2) is 9.27. The average molecular weight is 383 g/mol. The van der Waals surface area contributed by atoms with Crippen LogP contribution in [-0.2, 0) is 17.8 Å². The molecule has 0 saturated heterocycles. The number of nitrogens with one attached hydrogen (secondary N) is 1. The van der Waals surface area contributed by atoms with E-state index in [0.29, 0.717) is 35.5 Å². The number of halogens is 2. The minimum atomic E-state index is -0.794. The van der Waals surface area contributed by atoms with Crippen molar-refractivity contribution in [3.63, 3.8) is 0 Å². The summed E-state index contributed by atoms with van der Waals surface area (Å²) in [5, 5.41) is 13.7. The summed E-state index contributed by atoms with van der Waals surface area (Å²) in [5.74, 6) is -0.456. The molecule has 0 saturated carbocycles. The molecule has 1 atom stereocenters. The lowest BCUT2D eigenvalue weighted by molar-refractivity contribution is -0.139. The largest absolute Gasteiger partial charge is 0.480 e. The van der Waals surface area contributed by atoms with Crippen molar-refractivity contribution in [1.29, 1.82) is 0 Å². The van der Waals surface area contributed by atoms with Crippen LogP contribution in [0, 0.1) is 5.92 Å². The summed E-state index contributed by atoms with van der Waals surface area (Å²) < 4.78 is 2.13. The molecule has 2 aromatic rings. The highest BCUT2D eigenvalue weighted by molar-refractivity contribution is 6.34. The van der Waals surface area contributed by atoms with Crippen molar-refractivity contribution >= 4 is 29.2 Å². The fourth-order valence-electron chi connectivity index (χ4n) is 2.85. The molecule has 4 nitrogen and oxygen atoms in total. The fraction of sp³-hybridized carbons (Fsp3) is 0.421. The molecule has 0 fully saturated rings. The van der Waals surface area contributed by atoms with E-state index >= 15 is 0 Å². The summed E-state index contributed by atoms with van der Waals surface area (Å²) in [4.78, 5) is 11.3. The van der Waals surface area contributed by atoms with E-state index in [1.807, 2.05) is 44.3 Å². The summed E-state index contributed by atoms with van der Waals surface area (Å²) in [6.07, 6.45) is 3.38. The molecular formula is C19H24Cl2N2O2. The van der Waals surface area contributed by atoms with Crippen LogP contribution in [0.2, 0.25) is 10.0 Å². The molecule has 0 aliphatic heterocycles. The van der Waals surface area contributed by atoms with Crippen LogP contribution in [0.3, 0.4) is 0 Å². The summed E-state index contributed by atoms with van der Waals surface area (Å²) >= 11 is 12.1. The Balaban J connectivity index is 1.96. The molecule has 25 heavy (non-hydrogen) atoms. The molecular weight excluding hydrogens is 359 g/mol. The van der Waals surface area contributed by atoms with Gasteiger partial charge in [0, 0.05) is 41.4 Å². The second-order valence-corrected chi connectivity index (χ2v) is 7.50. The molecule has 1 aromatic heterocycles. The highest BCUT2D eigenvalue weighted by atomic mass is 35.5. The van der Waals surface area contributed by atoms with Gasteiger partial charge in [-0.05, 0) is 48.2 Å². The summed E-state index contributed by atoms with van der Waals surface area (Å²) in [6, 6.07) is 9.05. The third kappa shape index (κ3) is 6.38. The Morgan fingerprint density at radius 1 is 1.24 bits per heavy atom. The number of rotatable bonds is 9. The maximum absolute atomic E-state index is 11.3. The van der Waals surface area contributed by atoms with Crippen molar-refractivity contribution in [2.24, 2.45) is 5.92 Å². The quantitative estimate of drug-likeness (QED) is 0.672. The van der Waals surface area contributed by atoms with Crippen LogP contribution in [0.15, 0.2) is 36.5 Å². The fourth-order valence-corrected chi connectivity index (χ4v) is 3.42. The molecule has 0 aliphatic carbocycles. The van der Waals surface area contributed by atoms with Crippen LogP contribution in [0.4, 0.5) is 0 Å². The van der Waals surface area contributed by atoms with Gasteiger partial charge in [-0.15, -0.1) is 0 Å². The van der Waals surface area contributed by atoms with Gasteiger partial charge in [-0.2, -0.15) is 0 Å². The predicted octanol–water partition coefficient (Wildman–Crippen LogP) is 4.47. The van der Waals surface area contributed by atoms with E-state index in [1.165, 1.54) is 0 Å². The van der Waals surface area contributed by atoms with Gasteiger partial charge in [0.2, 0.25) is 0 Å². The van der Waals surface area contributed by atoms with E-state index in [-0.39, 0.29) is 0 Å². The standard InChI is InChI=1S/C19H24Cl2N2O2/c1-13(2)8-18(19(24)25)22-6-5-17-4-3-7-23(17)12-14-9-15(20)11-16(21)10-14/h3-4,7,9-11,13,18,22H,5-6,8,12H2,1-2H3,(H,24,25)/t18-/m0/s1. The second-order valence-electron chi connectivity index (χ2n) is 6.63. The zero-order valence-corrected chi connectivity index (χ0v) is 16.0. The number of hydrogen-bond acceptors (Lipinski definition) is 2. The van der Waals surface area contributed by atoms with Crippen molar-refractivity contribution in [2.75, 3.05) is 6.54 Å². The third-order valence-electron chi connectivity index (χ3n) is 3.98. The predicted molar refractivity (Wildman–Crippen MR) is 103 cm³/mol. The van der Waals surface area contributed by atoms with Crippen molar-refractivity contribution < 1.29 is 9.90 Å². The number of aromatic nitrogens is 1. The Kier molecular flexibility index (Phi) is 7.36. The number of hydrogen-bond donors (Lipinski definition) is 2. The van der Waals surface area contributed by atoms with Crippen molar-refractivity contribution in [2.45, 2.75) is 39.3 Å². The molecule has 1 heterocycles. The number of carbonyl (C=O) groups is 1. The number of benzene rings is 1. The topological polar surface area (TPSA) is 54.3 Å². The highest BCUT2D eigenvalue weighted by Crippen LogP contribution is 2.20. The first-order chi connectivity index (χ1) is 11.8. The minimum absolute atomic E-state index is 0.338. The monoisotopic (exact) mass is 382 g/mol. The van der Waals surface area contributed by atoms with Gasteiger partial charge in [0.1, 0.15) is 6.04 Å². The lowest BCUT2D eigenvalue weighted by atomic mass is 10.0. The Hall–Kier alpha value is -1.49. The van der Waals surface area contributed by atoms with Crippen LogP contribution in [0.25, 0.3) is 0 Å². The number of nitrogens with zero attached hydrogens (tertiary/aromatic N) is 1. The SMILES string of the molecule is CC(C)C[C@H](NCCc1cccn1Cc1cc(Cl)cc(Cl)c1)C(=O)O. The van der Waals surface area contributed by atoms with Gasteiger partial charge < -0.3 is 15.0 Å². The van der Waals surface area contributed by atoms with Gasteiger partial charge in [0.25, 0.3) is 0 Å². The minimum Gasteiger partial charge on any atom is -0.480 e. The Bertz CT molecular complexity index is 693. The van der Waals surface area contributed by atoms with E-state index in [9.17, 15) is 9.90 Å². The van der Waals surface area contributed by atoms with Crippen LogP contribution in [0.5, 0.6) is 0 Å². The first-order valence-corrected chi connectivity index (χ1v) is 9.16. The lowest BCUT2D eigenvalue weighted by Gasteiger charge is -2.17. The molecule has 2 N–H and O–H groups in total. The van der Waals surface area contributed by atoms with Crippen molar-refractivity contribution in [1.82, 2.24) is 9.88 Å². The highest BCUT2D eigenvalue weighted by Gasteiger charge is 2.17. The van der Waals surface area contributed by atoms with E-state index in [1.54, 1.807) is 6.07 Å². The molecule has 0 bridgehead atoms. The van der Waals surface area contributed by atoms with Crippen LogP contribution < -0.4 is 5.32 Å². The Morgan fingerprint density at radius 3 is 2.52 bits per heavy atom. The Labute approximate surface area is 158 Å². The first kappa shape index (κ1) is 19.8. The molecule has 0 radical (unpaired) electrons. The molecule has 0 aliphatic rings. The van der Waals surface area contributed by atoms with Gasteiger partial charge in [-0.25, -0.2) is 0 Å². The van der Waals surface area contributed by atoms with Crippen LogP contribution >= 0.6 is 23.2 Å². The molecule has 2 rings (SSSR count). The molecule has 6 heteroatoms. The van der Waals surface area contributed by atoms with Crippen molar-refractivity contribution in [3.05, 3.63) is 57.8 Å². The zero-order chi connectivity index (χ0) is 18.4. The first-order valence-electron chi connectivity index (χ1n) is 8.40. The van der Waals surface area contributed by atoms with Gasteiger partial charge in [0.15, 0.2) is 0 Å².